The van der Waals surface area contributed by atoms with Gasteiger partial charge in [0.15, 0.2) is 0 Å². The van der Waals surface area contributed by atoms with Crippen molar-refractivity contribution in [2.45, 2.75) is 58.9 Å². The standard InChI is InChI=1S/C17H25N/c1-7-8-15(18)11-16-12(2)9-14(10-13(16)3)17(4,5)6/h1,9-10,15H,8,11,18H2,2-6H3. The zero-order chi connectivity index (χ0) is 13.9. The summed E-state index contributed by atoms with van der Waals surface area (Å²) in [7, 11) is 0. The van der Waals surface area contributed by atoms with Crippen molar-refractivity contribution >= 4 is 0 Å². The Kier molecular flexibility index (Phi) is 4.59. The molecule has 0 saturated heterocycles. The fraction of sp³-hybridized carbons (Fsp3) is 0.529. The first-order valence-corrected chi connectivity index (χ1v) is 6.55. The molecular weight excluding hydrogens is 218 g/mol. The highest BCUT2D eigenvalue weighted by Crippen LogP contribution is 2.27. The van der Waals surface area contributed by atoms with Crippen LogP contribution in [0.15, 0.2) is 12.1 Å². The third-order valence-corrected chi connectivity index (χ3v) is 3.41. The lowest BCUT2D eigenvalue weighted by atomic mass is 9.83. The molecular formula is C17H25N. The van der Waals surface area contributed by atoms with Gasteiger partial charge < -0.3 is 5.73 Å². The Labute approximate surface area is 112 Å². The van der Waals surface area contributed by atoms with E-state index in [1.54, 1.807) is 0 Å². The summed E-state index contributed by atoms with van der Waals surface area (Å²) < 4.78 is 0. The Balaban J connectivity index is 3.06. The summed E-state index contributed by atoms with van der Waals surface area (Å²) in [4.78, 5) is 0. The lowest BCUT2D eigenvalue weighted by Gasteiger charge is -2.23. The molecule has 1 aromatic carbocycles. The van der Waals surface area contributed by atoms with E-state index in [1.165, 1.54) is 22.3 Å². The van der Waals surface area contributed by atoms with Crippen molar-refractivity contribution < 1.29 is 0 Å². The van der Waals surface area contributed by atoms with Gasteiger partial charge in [-0.05, 0) is 47.9 Å². The van der Waals surface area contributed by atoms with Gasteiger partial charge in [0.25, 0.3) is 0 Å². The maximum atomic E-state index is 6.04. The number of terminal acetylenes is 1. The molecule has 1 unspecified atom stereocenters. The normalized spacial score (nSPS) is 13.2. The Bertz CT molecular complexity index is 434. The molecule has 18 heavy (non-hydrogen) atoms. The Hall–Kier alpha value is -1.26. The average Bonchev–Trinajstić information content (AvgIpc) is 2.22. The lowest BCUT2D eigenvalue weighted by Crippen LogP contribution is -2.23. The van der Waals surface area contributed by atoms with Crippen LogP contribution in [0, 0.1) is 26.2 Å². The molecule has 1 aromatic rings. The van der Waals surface area contributed by atoms with E-state index in [1.807, 2.05) is 0 Å². The zero-order valence-corrected chi connectivity index (χ0v) is 12.3. The van der Waals surface area contributed by atoms with E-state index in [4.69, 9.17) is 12.2 Å². The molecule has 0 radical (unpaired) electrons. The number of nitrogens with two attached hydrogens (primary N) is 1. The number of hydrogen-bond acceptors (Lipinski definition) is 1. The van der Waals surface area contributed by atoms with Crippen LogP contribution in [0.3, 0.4) is 0 Å². The van der Waals surface area contributed by atoms with Crippen LogP contribution in [0.25, 0.3) is 0 Å². The van der Waals surface area contributed by atoms with Crippen LogP contribution in [0.2, 0.25) is 0 Å². The topological polar surface area (TPSA) is 26.0 Å². The van der Waals surface area contributed by atoms with E-state index in [0.717, 1.165) is 6.42 Å². The molecule has 1 heteroatoms. The van der Waals surface area contributed by atoms with Crippen molar-refractivity contribution in [1.29, 1.82) is 0 Å². The van der Waals surface area contributed by atoms with Gasteiger partial charge in [0, 0.05) is 12.5 Å². The Morgan fingerprint density at radius 3 is 2.11 bits per heavy atom. The first-order valence-electron chi connectivity index (χ1n) is 6.55. The van der Waals surface area contributed by atoms with E-state index in [2.05, 4.69) is 52.7 Å². The predicted octanol–water partition coefficient (Wildman–Crippen LogP) is 3.49. The molecule has 0 aromatic heterocycles. The molecule has 0 amide bonds. The van der Waals surface area contributed by atoms with Gasteiger partial charge in [-0.15, -0.1) is 12.3 Å². The average molecular weight is 243 g/mol. The van der Waals surface area contributed by atoms with Gasteiger partial charge >= 0.3 is 0 Å². The first-order chi connectivity index (χ1) is 8.25. The second kappa shape index (κ2) is 5.59. The van der Waals surface area contributed by atoms with Gasteiger partial charge in [-0.2, -0.15) is 0 Å². The largest absolute Gasteiger partial charge is 0.327 e. The van der Waals surface area contributed by atoms with Gasteiger partial charge in [-0.3, -0.25) is 0 Å². The van der Waals surface area contributed by atoms with Gasteiger partial charge in [0.1, 0.15) is 0 Å². The van der Waals surface area contributed by atoms with Crippen molar-refractivity contribution in [1.82, 2.24) is 0 Å². The summed E-state index contributed by atoms with van der Waals surface area (Å²) in [5.74, 6) is 2.64. The molecule has 0 bridgehead atoms. The highest BCUT2D eigenvalue weighted by atomic mass is 14.6. The summed E-state index contributed by atoms with van der Waals surface area (Å²) in [6.45, 7) is 11.1. The number of rotatable bonds is 3. The van der Waals surface area contributed by atoms with E-state index in [-0.39, 0.29) is 11.5 Å². The Morgan fingerprint density at radius 2 is 1.72 bits per heavy atom. The van der Waals surface area contributed by atoms with Gasteiger partial charge in [-0.1, -0.05) is 32.9 Å². The van der Waals surface area contributed by atoms with Crippen LogP contribution in [-0.2, 0) is 11.8 Å². The second-order valence-corrected chi connectivity index (χ2v) is 6.21. The van der Waals surface area contributed by atoms with E-state index < -0.39 is 0 Å². The van der Waals surface area contributed by atoms with Gasteiger partial charge in [0.05, 0.1) is 0 Å². The molecule has 1 nitrogen and oxygen atoms in total. The smallest absolute Gasteiger partial charge is 0.0241 e. The highest BCUT2D eigenvalue weighted by molar-refractivity contribution is 5.41. The summed E-state index contributed by atoms with van der Waals surface area (Å²) in [5, 5.41) is 0. The molecule has 2 N–H and O–H groups in total. The predicted molar refractivity (Wildman–Crippen MR) is 79.7 cm³/mol. The fourth-order valence-electron chi connectivity index (χ4n) is 2.23. The summed E-state index contributed by atoms with van der Waals surface area (Å²) in [6, 6.07) is 4.63. The molecule has 0 spiro atoms. The lowest BCUT2D eigenvalue weighted by molar-refractivity contribution is 0.588. The van der Waals surface area contributed by atoms with Crippen molar-refractivity contribution in [3.8, 4) is 12.3 Å². The van der Waals surface area contributed by atoms with E-state index >= 15 is 0 Å². The molecule has 0 aliphatic carbocycles. The molecule has 1 rings (SSSR count). The van der Waals surface area contributed by atoms with Gasteiger partial charge in [-0.25, -0.2) is 0 Å². The first kappa shape index (κ1) is 14.8. The number of aryl methyl sites for hydroxylation is 2. The third-order valence-electron chi connectivity index (χ3n) is 3.41. The zero-order valence-electron chi connectivity index (χ0n) is 12.3. The van der Waals surface area contributed by atoms with E-state index in [0.29, 0.717) is 6.42 Å². The molecule has 0 fully saturated rings. The number of hydrogen-bond donors (Lipinski definition) is 1. The molecule has 0 heterocycles. The van der Waals surface area contributed by atoms with Crippen molar-refractivity contribution in [3.05, 3.63) is 34.4 Å². The van der Waals surface area contributed by atoms with Crippen LogP contribution in [0.5, 0.6) is 0 Å². The van der Waals surface area contributed by atoms with Crippen LogP contribution in [-0.4, -0.2) is 6.04 Å². The maximum Gasteiger partial charge on any atom is 0.0241 e. The van der Waals surface area contributed by atoms with Crippen molar-refractivity contribution in [3.63, 3.8) is 0 Å². The second-order valence-electron chi connectivity index (χ2n) is 6.21. The summed E-state index contributed by atoms with van der Waals surface area (Å²) >= 11 is 0. The molecule has 98 valence electrons. The minimum atomic E-state index is 0.0629. The molecule has 1 atom stereocenters. The molecule has 0 saturated carbocycles. The summed E-state index contributed by atoms with van der Waals surface area (Å²) in [5.41, 5.74) is 11.6. The molecule has 0 aliphatic rings. The van der Waals surface area contributed by atoms with Crippen LogP contribution in [0.4, 0.5) is 0 Å². The van der Waals surface area contributed by atoms with Crippen LogP contribution < -0.4 is 5.73 Å². The number of benzene rings is 1. The monoisotopic (exact) mass is 243 g/mol. The summed E-state index contributed by atoms with van der Waals surface area (Å²) in [6.07, 6.45) is 6.82. The van der Waals surface area contributed by atoms with Crippen molar-refractivity contribution in [2.24, 2.45) is 5.73 Å². The quantitative estimate of drug-likeness (QED) is 0.808. The van der Waals surface area contributed by atoms with E-state index in [9.17, 15) is 0 Å². The van der Waals surface area contributed by atoms with Gasteiger partial charge in [0.2, 0.25) is 0 Å². The maximum absolute atomic E-state index is 6.04. The SMILES string of the molecule is C#CCC(N)Cc1c(C)cc(C(C)(C)C)cc1C. The van der Waals surface area contributed by atoms with Crippen LogP contribution in [0.1, 0.15) is 49.4 Å². The van der Waals surface area contributed by atoms with Crippen LogP contribution >= 0.6 is 0 Å². The Morgan fingerprint density at radius 1 is 1.22 bits per heavy atom. The minimum absolute atomic E-state index is 0.0629. The fourth-order valence-corrected chi connectivity index (χ4v) is 2.23. The molecule has 0 aliphatic heterocycles. The van der Waals surface area contributed by atoms with Crippen molar-refractivity contribution in [2.75, 3.05) is 0 Å². The minimum Gasteiger partial charge on any atom is -0.327 e. The third kappa shape index (κ3) is 3.62. The highest BCUT2D eigenvalue weighted by Gasteiger charge is 2.17.